The Labute approximate surface area is 158 Å². The van der Waals surface area contributed by atoms with Crippen molar-refractivity contribution in [3.63, 3.8) is 0 Å². The van der Waals surface area contributed by atoms with Crippen molar-refractivity contribution in [2.24, 2.45) is 0 Å². The summed E-state index contributed by atoms with van der Waals surface area (Å²) in [6, 6.07) is 20.1. The molecule has 0 aliphatic carbocycles. The molecular weight excluding hydrogens is 353 g/mol. The van der Waals surface area contributed by atoms with Crippen LogP contribution in [-0.4, -0.2) is 7.11 Å². The number of nitrogens with one attached hydrogen (secondary N) is 1. The first-order valence-corrected chi connectivity index (χ1v) is 8.76. The molecule has 0 bridgehead atoms. The van der Waals surface area contributed by atoms with Gasteiger partial charge in [-0.1, -0.05) is 59.6 Å². The molecule has 1 N–H and O–H groups in total. The van der Waals surface area contributed by atoms with Crippen molar-refractivity contribution >= 4 is 28.9 Å². The predicted octanol–water partition coefficient (Wildman–Crippen LogP) is 6.59. The average Bonchev–Trinajstić information content (AvgIpc) is 2.64. The van der Waals surface area contributed by atoms with Crippen LogP contribution >= 0.6 is 23.2 Å². The maximum Gasteiger partial charge on any atom is 0.141 e. The number of ether oxygens (including phenoxy) is 1. The molecule has 3 aromatic rings. The lowest BCUT2D eigenvalue weighted by Gasteiger charge is -2.15. The van der Waals surface area contributed by atoms with Gasteiger partial charge in [0.2, 0.25) is 0 Å². The summed E-state index contributed by atoms with van der Waals surface area (Å²) in [5.41, 5.74) is 5.31. The van der Waals surface area contributed by atoms with Crippen LogP contribution in [-0.2, 0) is 6.54 Å². The zero-order valence-electron chi connectivity index (χ0n) is 14.1. The van der Waals surface area contributed by atoms with Crippen molar-refractivity contribution in [1.82, 2.24) is 0 Å². The predicted molar refractivity (Wildman–Crippen MR) is 107 cm³/mol. The minimum Gasteiger partial charge on any atom is -0.495 e. The summed E-state index contributed by atoms with van der Waals surface area (Å²) in [7, 11) is 1.67. The fourth-order valence-electron chi connectivity index (χ4n) is 2.73. The molecule has 3 rings (SSSR count). The first-order valence-electron chi connectivity index (χ1n) is 8.00. The number of halogens is 2. The molecule has 0 aliphatic heterocycles. The SMILES string of the molecule is COc1ccc(-c2ccccc2)cc1NCc1cc(Cl)cc(Cl)c1C. The van der Waals surface area contributed by atoms with Crippen molar-refractivity contribution < 1.29 is 4.74 Å². The van der Waals surface area contributed by atoms with Crippen molar-refractivity contribution in [2.45, 2.75) is 13.5 Å². The Balaban J connectivity index is 1.89. The maximum atomic E-state index is 6.23. The van der Waals surface area contributed by atoms with Crippen molar-refractivity contribution in [2.75, 3.05) is 12.4 Å². The summed E-state index contributed by atoms with van der Waals surface area (Å²) in [4.78, 5) is 0. The highest BCUT2D eigenvalue weighted by Gasteiger charge is 2.09. The molecule has 0 atom stereocenters. The Morgan fingerprint density at radius 2 is 1.68 bits per heavy atom. The van der Waals surface area contributed by atoms with Crippen LogP contribution in [0, 0.1) is 6.92 Å². The average molecular weight is 372 g/mol. The van der Waals surface area contributed by atoms with Gasteiger partial charge >= 0.3 is 0 Å². The minimum absolute atomic E-state index is 0.612. The zero-order valence-corrected chi connectivity index (χ0v) is 15.7. The standard InChI is InChI=1S/C21H19Cl2NO/c1-14-17(10-18(22)12-19(14)23)13-24-20-11-16(8-9-21(20)25-2)15-6-4-3-5-7-15/h3-12,24H,13H2,1-2H3. The molecule has 25 heavy (non-hydrogen) atoms. The first kappa shape index (κ1) is 17.7. The second-order valence-electron chi connectivity index (χ2n) is 5.81. The Morgan fingerprint density at radius 3 is 2.40 bits per heavy atom. The van der Waals surface area contributed by atoms with E-state index < -0.39 is 0 Å². The van der Waals surface area contributed by atoms with E-state index in [1.54, 1.807) is 13.2 Å². The van der Waals surface area contributed by atoms with E-state index in [9.17, 15) is 0 Å². The van der Waals surface area contributed by atoms with Crippen LogP contribution in [0.4, 0.5) is 5.69 Å². The van der Waals surface area contributed by atoms with Crippen molar-refractivity contribution in [3.8, 4) is 16.9 Å². The van der Waals surface area contributed by atoms with Crippen molar-refractivity contribution in [1.29, 1.82) is 0 Å². The van der Waals surface area contributed by atoms with Crippen LogP contribution in [0.5, 0.6) is 5.75 Å². The number of benzene rings is 3. The van der Waals surface area contributed by atoms with Crippen LogP contribution in [0.1, 0.15) is 11.1 Å². The lowest BCUT2D eigenvalue weighted by molar-refractivity contribution is 0.416. The van der Waals surface area contributed by atoms with Gasteiger partial charge in [-0.3, -0.25) is 0 Å². The molecule has 3 aromatic carbocycles. The second-order valence-corrected chi connectivity index (χ2v) is 6.65. The van der Waals surface area contributed by atoms with E-state index in [0.29, 0.717) is 16.6 Å². The molecule has 0 aliphatic rings. The van der Waals surface area contributed by atoms with Gasteiger partial charge in [-0.05, 0) is 53.4 Å². The highest BCUT2D eigenvalue weighted by Crippen LogP contribution is 2.32. The Hall–Kier alpha value is -2.16. The fourth-order valence-corrected chi connectivity index (χ4v) is 3.27. The first-order chi connectivity index (χ1) is 12.1. The van der Waals surface area contributed by atoms with Gasteiger partial charge < -0.3 is 10.1 Å². The largest absolute Gasteiger partial charge is 0.495 e. The summed E-state index contributed by atoms with van der Waals surface area (Å²) in [5, 5.41) is 4.76. The van der Waals surface area contributed by atoms with Crippen LogP contribution in [0.3, 0.4) is 0 Å². The molecular formula is C21H19Cl2NO. The van der Waals surface area contributed by atoms with Crippen LogP contribution in [0.25, 0.3) is 11.1 Å². The summed E-state index contributed by atoms with van der Waals surface area (Å²) >= 11 is 12.4. The van der Waals surface area contributed by atoms with Crippen molar-refractivity contribution in [3.05, 3.63) is 81.8 Å². The quantitative estimate of drug-likeness (QED) is 0.546. The second kappa shape index (κ2) is 7.81. The van der Waals surface area contributed by atoms with Gasteiger partial charge in [0.05, 0.1) is 12.8 Å². The molecule has 0 amide bonds. The minimum atomic E-state index is 0.612. The zero-order chi connectivity index (χ0) is 17.8. The van der Waals surface area contributed by atoms with Gasteiger partial charge in [0.15, 0.2) is 0 Å². The van der Waals surface area contributed by atoms with Gasteiger partial charge in [0.1, 0.15) is 5.75 Å². The third-order valence-corrected chi connectivity index (χ3v) is 4.80. The third-order valence-electron chi connectivity index (χ3n) is 4.19. The summed E-state index contributed by atoms with van der Waals surface area (Å²) in [6.45, 7) is 2.61. The van der Waals surface area contributed by atoms with Gasteiger partial charge in [0, 0.05) is 16.6 Å². The molecule has 0 saturated carbocycles. The van der Waals surface area contributed by atoms with E-state index >= 15 is 0 Å². The van der Waals surface area contributed by atoms with E-state index in [-0.39, 0.29) is 0 Å². The molecule has 0 spiro atoms. The van der Waals surface area contributed by atoms with Crippen LogP contribution in [0.2, 0.25) is 10.0 Å². The molecule has 0 fully saturated rings. The molecule has 4 heteroatoms. The summed E-state index contributed by atoms with van der Waals surface area (Å²) in [5.74, 6) is 0.797. The van der Waals surface area contributed by atoms with E-state index in [2.05, 4.69) is 29.6 Å². The molecule has 0 unspecified atom stereocenters. The maximum absolute atomic E-state index is 6.23. The van der Waals surface area contributed by atoms with E-state index in [4.69, 9.17) is 27.9 Å². The molecule has 128 valence electrons. The highest BCUT2D eigenvalue weighted by molar-refractivity contribution is 6.35. The molecule has 0 saturated heterocycles. The lowest BCUT2D eigenvalue weighted by atomic mass is 10.0. The van der Waals surface area contributed by atoms with Crippen LogP contribution in [0.15, 0.2) is 60.7 Å². The normalized spacial score (nSPS) is 10.6. The Morgan fingerprint density at radius 1 is 0.920 bits per heavy atom. The monoisotopic (exact) mass is 371 g/mol. The van der Waals surface area contributed by atoms with Gasteiger partial charge in [-0.2, -0.15) is 0 Å². The number of hydrogen-bond acceptors (Lipinski definition) is 2. The number of methoxy groups -OCH3 is 1. The number of anilines is 1. The topological polar surface area (TPSA) is 21.3 Å². The highest BCUT2D eigenvalue weighted by atomic mass is 35.5. The summed E-state index contributed by atoms with van der Waals surface area (Å²) < 4.78 is 5.49. The smallest absolute Gasteiger partial charge is 0.141 e. The number of rotatable bonds is 5. The fraction of sp³-hybridized carbons (Fsp3) is 0.143. The molecule has 0 radical (unpaired) electrons. The summed E-state index contributed by atoms with van der Waals surface area (Å²) in [6.07, 6.45) is 0. The van der Waals surface area contributed by atoms with Gasteiger partial charge in [0.25, 0.3) is 0 Å². The van der Waals surface area contributed by atoms with E-state index in [0.717, 1.165) is 33.7 Å². The third kappa shape index (κ3) is 4.09. The van der Waals surface area contributed by atoms with E-state index in [1.807, 2.05) is 37.3 Å². The van der Waals surface area contributed by atoms with Crippen LogP contribution < -0.4 is 10.1 Å². The van der Waals surface area contributed by atoms with E-state index in [1.165, 1.54) is 0 Å². The Kier molecular flexibility index (Phi) is 5.52. The number of hydrogen-bond donors (Lipinski definition) is 1. The molecule has 0 aromatic heterocycles. The van der Waals surface area contributed by atoms with Gasteiger partial charge in [-0.25, -0.2) is 0 Å². The molecule has 2 nitrogen and oxygen atoms in total. The van der Waals surface area contributed by atoms with Gasteiger partial charge in [-0.15, -0.1) is 0 Å². The lowest BCUT2D eigenvalue weighted by Crippen LogP contribution is -2.03. The molecule has 0 heterocycles. The Bertz CT molecular complexity index is 879.